The molecule has 0 unspecified atom stereocenters. The second kappa shape index (κ2) is 12.0. The van der Waals surface area contributed by atoms with E-state index in [9.17, 15) is 13.2 Å². The molecule has 0 atom stereocenters. The number of nitrogens with zero attached hydrogens (tertiary/aromatic N) is 1. The van der Waals surface area contributed by atoms with Gasteiger partial charge in [0.15, 0.2) is 0 Å². The van der Waals surface area contributed by atoms with E-state index in [2.05, 4.69) is 14.6 Å². The van der Waals surface area contributed by atoms with E-state index in [0.29, 0.717) is 29.7 Å². The van der Waals surface area contributed by atoms with E-state index in [1.54, 1.807) is 6.07 Å². The summed E-state index contributed by atoms with van der Waals surface area (Å²) in [5.74, 6) is 0.528. The number of nitrogens with one attached hydrogen (secondary N) is 2. The lowest BCUT2D eigenvalue weighted by atomic mass is 9.83. The number of amides is 1. The molecule has 4 rings (SSSR count). The molecule has 0 bridgehead atoms. The van der Waals surface area contributed by atoms with Gasteiger partial charge in [0.1, 0.15) is 5.69 Å². The van der Waals surface area contributed by atoms with Gasteiger partial charge in [-0.1, -0.05) is 58.9 Å². The average molecular weight is 572 g/mol. The summed E-state index contributed by atoms with van der Waals surface area (Å²) >= 11 is 0. The van der Waals surface area contributed by atoms with Crippen molar-refractivity contribution in [3.05, 3.63) is 41.2 Å². The van der Waals surface area contributed by atoms with Gasteiger partial charge in [0.05, 0.1) is 4.90 Å². The fourth-order valence-electron chi connectivity index (χ4n) is 6.10. The summed E-state index contributed by atoms with van der Waals surface area (Å²) in [5.41, 5.74) is 3.53. The zero-order valence-electron chi connectivity index (χ0n) is 25.5. The Morgan fingerprint density at radius 2 is 1.62 bits per heavy atom. The molecule has 1 amide bonds. The highest BCUT2D eigenvalue weighted by Gasteiger charge is 2.31. The monoisotopic (exact) mass is 571 g/mol. The Balaban J connectivity index is 1.79. The quantitative estimate of drug-likeness (QED) is 0.420. The standard InChI is InChI=1S/C32H49N3O4S/c1-31(2,3)26-20-23(13-14-29(26)40(37,38)34-32(4,5)6)25-21-28(30(36)33-24-15-17-39-18-16-24)35(7)27(25)19-22-11-9-8-10-12-22/h13-14,20-22,24,34H,8-12,15-19H2,1-7H3,(H,33,36). The molecule has 0 radical (unpaired) electrons. The first kappa shape index (κ1) is 30.8. The summed E-state index contributed by atoms with van der Waals surface area (Å²) in [5, 5.41) is 3.23. The van der Waals surface area contributed by atoms with Crippen molar-refractivity contribution in [2.45, 2.75) is 115 Å². The van der Waals surface area contributed by atoms with E-state index in [1.165, 1.54) is 32.1 Å². The highest BCUT2D eigenvalue weighted by Crippen LogP contribution is 2.37. The zero-order valence-corrected chi connectivity index (χ0v) is 26.3. The van der Waals surface area contributed by atoms with Crippen LogP contribution >= 0.6 is 0 Å². The van der Waals surface area contributed by atoms with Crippen LogP contribution in [0, 0.1) is 5.92 Å². The van der Waals surface area contributed by atoms with E-state index >= 15 is 0 Å². The number of sulfonamides is 1. The molecule has 1 aliphatic heterocycles. The van der Waals surface area contributed by atoms with Crippen molar-refractivity contribution in [2.75, 3.05) is 13.2 Å². The summed E-state index contributed by atoms with van der Waals surface area (Å²) in [4.78, 5) is 13.8. The molecule has 0 spiro atoms. The van der Waals surface area contributed by atoms with Crippen LogP contribution in [0.5, 0.6) is 0 Å². The minimum Gasteiger partial charge on any atom is -0.381 e. The van der Waals surface area contributed by atoms with Gasteiger partial charge in [0, 0.05) is 43.1 Å². The van der Waals surface area contributed by atoms with Gasteiger partial charge in [-0.3, -0.25) is 4.79 Å². The van der Waals surface area contributed by atoms with E-state index < -0.39 is 21.0 Å². The Morgan fingerprint density at radius 1 is 0.975 bits per heavy atom. The molecule has 1 saturated heterocycles. The number of benzene rings is 1. The molecular formula is C32H49N3O4S. The molecular weight excluding hydrogens is 522 g/mol. The lowest BCUT2D eigenvalue weighted by Gasteiger charge is -2.27. The summed E-state index contributed by atoms with van der Waals surface area (Å²) in [6, 6.07) is 7.80. The maximum atomic E-state index is 13.5. The predicted octanol–water partition coefficient (Wildman–Crippen LogP) is 6.10. The smallest absolute Gasteiger partial charge is 0.268 e. The normalized spacial score (nSPS) is 18.2. The molecule has 2 aliphatic rings. The van der Waals surface area contributed by atoms with Crippen LogP contribution in [0.25, 0.3) is 11.1 Å². The summed E-state index contributed by atoms with van der Waals surface area (Å²) < 4.78 is 37.3. The van der Waals surface area contributed by atoms with Gasteiger partial charge in [-0.25, -0.2) is 13.1 Å². The number of hydrogen-bond donors (Lipinski definition) is 2. The second-order valence-corrected chi connectivity index (χ2v) is 15.5. The average Bonchev–Trinajstić information content (AvgIpc) is 3.19. The van der Waals surface area contributed by atoms with E-state index in [-0.39, 0.29) is 11.9 Å². The fraction of sp³-hybridized carbons (Fsp3) is 0.656. The van der Waals surface area contributed by atoms with Crippen molar-refractivity contribution in [3.63, 3.8) is 0 Å². The molecule has 222 valence electrons. The van der Waals surface area contributed by atoms with Gasteiger partial charge < -0.3 is 14.6 Å². The third-order valence-electron chi connectivity index (χ3n) is 8.18. The Hall–Kier alpha value is -2.16. The van der Waals surface area contributed by atoms with Gasteiger partial charge in [0.25, 0.3) is 5.91 Å². The van der Waals surface area contributed by atoms with Crippen molar-refractivity contribution in [1.29, 1.82) is 0 Å². The highest BCUT2D eigenvalue weighted by molar-refractivity contribution is 7.89. The molecule has 1 aliphatic carbocycles. The lowest BCUT2D eigenvalue weighted by molar-refractivity contribution is 0.0692. The van der Waals surface area contributed by atoms with Crippen molar-refractivity contribution in [1.82, 2.24) is 14.6 Å². The first-order valence-corrected chi connectivity index (χ1v) is 16.4. The third-order valence-corrected chi connectivity index (χ3v) is 10.00. The van der Waals surface area contributed by atoms with Crippen molar-refractivity contribution in [2.24, 2.45) is 13.0 Å². The molecule has 2 heterocycles. The van der Waals surface area contributed by atoms with Gasteiger partial charge in [-0.15, -0.1) is 0 Å². The largest absolute Gasteiger partial charge is 0.381 e. The van der Waals surface area contributed by atoms with Crippen LogP contribution in [0.15, 0.2) is 29.2 Å². The predicted molar refractivity (Wildman–Crippen MR) is 161 cm³/mol. The third kappa shape index (κ3) is 7.37. The maximum absolute atomic E-state index is 13.5. The van der Waals surface area contributed by atoms with Gasteiger partial charge >= 0.3 is 0 Å². The van der Waals surface area contributed by atoms with Crippen LogP contribution in [0.2, 0.25) is 0 Å². The van der Waals surface area contributed by atoms with Crippen LogP contribution in [-0.4, -0.2) is 43.7 Å². The maximum Gasteiger partial charge on any atom is 0.268 e. The molecule has 1 aromatic heterocycles. The van der Waals surface area contributed by atoms with Crippen molar-refractivity contribution < 1.29 is 17.9 Å². The number of carbonyl (C=O) groups is 1. The van der Waals surface area contributed by atoms with Crippen LogP contribution in [0.4, 0.5) is 0 Å². The second-order valence-electron chi connectivity index (χ2n) is 13.8. The summed E-state index contributed by atoms with van der Waals surface area (Å²) in [6.45, 7) is 13.0. The Labute approximate surface area is 241 Å². The van der Waals surface area contributed by atoms with Crippen LogP contribution < -0.4 is 10.0 Å². The Morgan fingerprint density at radius 3 is 2.23 bits per heavy atom. The highest BCUT2D eigenvalue weighted by atomic mass is 32.2. The van der Waals surface area contributed by atoms with Crippen LogP contribution in [-0.2, 0) is 33.6 Å². The molecule has 2 N–H and O–H groups in total. The van der Waals surface area contributed by atoms with Gasteiger partial charge in [0.2, 0.25) is 10.0 Å². The zero-order chi connectivity index (χ0) is 29.3. The van der Waals surface area contributed by atoms with Crippen LogP contribution in [0.3, 0.4) is 0 Å². The van der Waals surface area contributed by atoms with Crippen molar-refractivity contribution >= 4 is 15.9 Å². The van der Waals surface area contributed by atoms with Gasteiger partial charge in [-0.05, 0) is 80.7 Å². The number of ether oxygens (including phenoxy) is 1. The fourth-order valence-corrected chi connectivity index (χ4v) is 7.92. The number of aromatic nitrogens is 1. The summed E-state index contributed by atoms with van der Waals surface area (Å²) in [6.07, 6.45) is 8.77. The molecule has 7 nitrogen and oxygen atoms in total. The van der Waals surface area contributed by atoms with E-state index in [1.807, 2.05) is 66.8 Å². The van der Waals surface area contributed by atoms with Crippen molar-refractivity contribution in [3.8, 4) is 11.1 Å². The molecule has 2 fully saturated rings. The summed E-state index contributed by atoms with van der Waals surface area (Å²) in [7, 11) is -1.73. The van der Waals surface area contributed by atoms with E-state index in [4.69, 9.17) is 4.74 Å². The molecule has 40 heavy (non-hydrogen) atoms. The Bertz CT molecular complexity index is 1300. The van der Waals surface area contributed by atoms with E-state index in [0.717, 1.165) is 41.6 Å². The number of hydrogen-bond acceptors (Lipinski definition) is 4. The molecule has 2 aromatic rings. The molecule has 1 saturated carbocycles. The first-order chi connectivity index (χ1) is 18.7. The number of carbonyl (C=O) groups excluding carboxylic acids is 1. The minimum atomic E-state index is -3.73. The van der Waals surface area contributed by atoms with Crippen LogP contribution in [0.1, 0.15) is 108 Å². The Kier molecular flexibility index (Phi) is 9.22. The SMILES string of the molecule is Cn1c(C(=O)NC2CCOCC2)cc(-c2ccc(S(=O)(=O)NC(C)(C)C)c(C(C)(C)C)c2)c1CC1CCCCC1. The first-order valence-electron chi connectivity index (χ1n) is 14.9. The lowest BCUT2D eigenvalue weighted by Crippen LogP contribution is -2.41. The topological polar surface area (TPSA) is 89.4 Å². The molecule has 8 heteroatoms. The number of rotatable bonds is 7. The van der Waals surface area contributed by atoms with Gasteiger partial charge in [-0.2, -0.15) is 0 Å². The minimum absolute atomic E-state index is 0.0600. The molecule has 1 aromatic carbocycles.